The predicted molar refractivity (Wildman–Crippen MR) is 95.5 cm³/mol. The first-order chi connectivity index (χ1) is 11.6. The number of hydrogen-bond acceptors (Lipinski definition) is 3. The molecule has 0 aliphatic carbocycles. The summed E-state index contributed by atoms with van der Waals surface area (Å²) in [5, 5.41) is 2.91. The first kappa shape index (κ1) is 18.5. The van der Waals surface area contributed by atoms with Crippen molar-refractivity contribution in [1.82, 2.24) is 15.1 Å². The van der Waals surface area contributed by atoms with Gasteiger partial charge in [0.05, 0.1) is 12.5 Å². The Hall–Kier alpha value is -1.88. The molecule has 1 fully saturated rings. The van der Waals surface area contributed by atoms with Crippen LogP contribution in [0.1, 0.15) is 37.8 Å². The molecular weight excluding hydrogens is 302 g/mol. The Morgan fingerprint density at radius 1 is 1.33 bits per heavy atom. The third-order valence-electron chi connectivity index (χ3n) is 4.67. The summed E-state index contributed by atoms with van der Waals surface area (Å²) in [7, 11) is 0. The number of rotatable bonds is 7. The quantitative estimate of drug-likeness (QED) is 0.831. The monoisotopic (exact) mass is 331 g/mol. The fourth-order valence-corrected chi connectivity index (χ4v) is 3.20. The van der Waals surface area contributed by atoms with Crippen LogP contribution in [0.25, 0.3) is 0 Å². The zero-order valence-electron chi connectivity index (χ0n) is 15.0. The maximum absolute atomic E-state index is 12.6. The first-order valence-electron chi connectivity index (χ1n) is 8.90. The summed E-state index contributed by atoms with van der Waals surface area (Å²) in [4.78, 5) is 28.9. The number of benzene rings is 1. The number of aryl methyl sites for hydroxylation is 1. The van der Waals surface area contributed by atoms with Gasteiger partial charge in [-0.2, -0.15) is 0 Å². The minimum absolute atomic E-state index is 0.0317. The van der Waals surface area contributed by atoms with Gasteiger partial charge in [-0.1, -0.05) is 31.2 Å². The summed E-state index contributed by atoms with van der Waals surface area (Å²) in [6, 6.07) is 7.84. The molecule has 1 unspecified atom stereocenters. The fraction of sp³-hybridized carbons (Fsp3) is 0.579. The Morgan fingerprint density at radius 3 is 2.75 bits per heavy atom. The number of hydrogen-bond donors (Lipinski definition) is 1. The van der Waals surface area contributed by atoms with Crippen LogP contribution in [0.15, 0.2) is 24.3 Å². The van der Waals surface area contributed by atoms with Crippen LogP contribution in [0, 0.1) is 6.92 Å². The second-order valence-corrected chi connectivity index (χ2v) is 6.38. The van der Waals surface area contributed by atoms with Crippen LogP contribution in [0.4, 0.5) is 0 Å². The minimum Gasteiger partial charge on any atom is -0.353 e. The summed E-state index contributed by atoms with van der Waals surface area (Å²) >= 11 is 0. The predicted octanol–water partition coefficient (Wildman–Crippen LogP) is 1.94. The van der Waals surface area contributed by atoms with Crippen LogP contribution in [0.3, 0.4) is 0 Å². The molecule has 1 aromatic rings. The van der Waals surface area contributed by atoms with Crippen LogP contribution < -0.4 is 5.32 Å². The van der Waals surface area contributed by atoms with Gasteiger partial charge in [0.2, 0.25) is 11.8 Å². The van der Waals surface area contributed by atoms with Crippen molar-refractivity contribution in [3.05, 3.63) is 35.4 Å². The molecule has 5 heteroatoms. The number of nitrogens with one attached hydrogen (secondary N) is 1. The topological polar surface area (TPSA) is 52.7 Å². The van der Waals surface area contributed by atoms with Crippen LogP contribution in [0.5, 0.6) is 0 Å². The van der Waals surface area contributed by atoms with Gasteiger partial charge in [-0.25, -0.2) is 0 Å². The van der Waals surface area contributed by atoms with Crippen LogP contribution in [-0.4, -0.2) is 53.8 Å². The fourth-order valence-electron chi connectivity index (χ4n) is 3.20. The minimum atomic E-state index is -0.378. The summed E-state index contributed by atoms with van der Waals surface area (Å²) in [5.41, 5.74) is 2.43. The number of carbonyl (C=O) groups excluding carboxylic acids is 2. The average Bonchev–Trinajstić information content (AvgIpc) is 2.57. The van der Waals surface area contributed by atoms with Gasteiger partial charge in [-0.3, -0.25) is 14.5 Å². The van der Waals surface area contributed by atoms with Gasteiger partial charge >= 0.3 is 0 Å². The zero-order valence-corrected chi connectivity index (χ0v) is 15.0. The number of carbonyl (C=O) groups is 2. The van der Waals surface area contributed by atoms with Gasteiger partial charge in [0.15, 0.2) is 0 Å². The van der Waals surface area contributed by atoms with Crippen molar-refractivity contribution >= 4 is 11.8 Å². The van der Waals surface area contributed by atoms with Crippen molar-refractivity contribution < 1.29 is 9.59 Å². The largest absolute Gasteiger partial charge is 0.353 e. The molecule has 0 aromatic heterocycles. The molecule has 2 rings (SSSR count). The van der Waals surface area contributed by atoms with E-state index in [9.17, 15) is 9.59 Å². The van der Waals surface area contributed by atoms with Crippen molar-refractivity contribution in [3.63, 3.8) is 0 Å². The van der Waals surface area contributed by atoms with E-state index in [0.717, 1.165) is 19.5 Å². The third kappa shape index (κ3) is 4.57. The summed E-state index contributed by atoms with van der Waals surface area (Å²) in [5.74, 6) is 0.0342. The second-order valence-electron chi connectivity index (χ2n) is 6.38. The smallest absolute Gasteiger partial charge is 0.237 e. The zero-order chi connectivity index (χ0) is 17.5. The van der Waals surface area contributed by atoms with Crippen LogP contribution >= 0.6 is 0 Å². The highest BCUT2D eigenvalue weighted by Gasteiger charge is 2.32. The highest BCUT2D eigenvalue weighted by Crippen LogP contribution is 2.17. The van der Waals surface area contributed by atoms with Crippen LogP contribution in [-0.2, 0) is 16.1 Å². The van der Waals surface area contributed by atoms with E-state index in [1.54, 1.807) is 0 Å². The van der Waals surface area contributed by atoms with Crippen molar-refractivity contribution in [2.75, 3.05) is 26.2 Å². The molecule has 1 saturated heterocycles. The summed E-state index contributed by atoms with van der Waals surface area (Å²) in [6.07, 6.45) is 1.19. The molecular formula is C19H29N3O2. The molecule has 1 N–H and O–H groups in total. The molecule has 24 heavy (non-hydrogen) atoms. The summed E-state index contributed by atoms with van der Waals surface area (Å²) < 4.78 is 0. The van der Waals surface area contributed by atoms with E-state index in [1.165, 1.54) is 11.1 Å². The lowest BCUT2D eigenvalue weighted by Gasteiger charge is -2.36. The van der Waals surface area contributed by atoms with E-state index in [0.29, 0.717) is 19.6 Å². The highest BCUT2D eigenvalue weighted by atomic mass is 16.2. The van der Waals surface area contributed by atoms with Gasteiger partial charge in [0.25, 0.3) is 0 Å². The molecule has 1 aliphatic heterocycles. The van der Waals surface area contributed by atoms with E-state index >= 15 is 0 Å². The molecule has 1 heterocycles. The van der Waals surface area contributed by atoms with Crippen molar-refractivity contribution in [3.8, 4) is 0 Å². The molecule has 0 radical (unpaired) electrons. The Labute approximate surface area is 145 Å². The van der Waals surface area contributed by atoms with Gasteiger partial charge in [-0.15, -0.1) is 0 Å². The van der Waals surface area contributed by atoms with E-state index in [4.69, 9.17) is 0 Å². The molecule has 0 saturated carbocycles. The van der Waals surface area contributed by atoms with Crippen molar-refractivity contribution in [2.45, 2.75) is 46.2 Å². The molecule has 0 spiro atoms. The lowest BCUT2D eigenvalue weighted by Crippen LogP contribution is -2.56. The maximum Gasteiger partial charge on any atom is 0.237 e. The van der Waals surface area contributed by atoms with E-state index in [2.05, 4.69) is 36.2 Å². The van der Waals surface area contributed by atoms with E-state index in [-0.39, 0.29) is 24.3 Å². The molecule has 1 aromatic carbocycles. The third-order valence-corrected chi connectivity index (χ3v) is 4.67. The highest BCUT2D eigenvalue weighted by molar-refractivity contribution is 5.88. The standard InChI is InChI=1S/C19H29N3O2/c1-4-11-21(5-2)18(23)13-17-19(24)20-10-12-22(17)14-16-9-7-6-8-15(16)3/h6-9,17H,4-5,10-14H2,1-3H3,(H,20,24). The van der Waals surface area contributed by atoms with Gasteiger partial charge in [0, 0.05) is 32.7 Å². The molecule has 5 nitrogen and oxygen atoms in total. The Kier molecular flexibility index (Phi) is 6.79. The Morgan fingerprint density at radius 2 is 2.08 bits per heavy atom. The molecule has 0 bridgehead atoms. The van der Waals surface area contributed by atoms with Gasteiger partial charge in [0.1, 0.15) is 0 Å². The summed E-state index contributed by atoms with van der Waals surface area (Å²) in [6.45, 7) is 9.70. The molecule has 2 amide bonds. The number of nitrogens with zero attached hydrogens (tertiary/aromatic N) is 2. The van der Waals surface area contributed by atoms with Crippen molar-refractivity contribution in [1.29, 1.82) is 0 Å². The number of amides is 2. The van der Waals surface area contributed by atoms with Gasteiger partial charge in [-0.05, 0) is 31.4 Å². The SMILES string of the molecule is CCCN(CC)C(=O)CC1C(=O)NCCN1Cc1ccccc1C. The van der Waals surface area contributed by atoms with Crippen molar-refractivity contribution in [2.24, 2.45) is 0 Å². The lowest BCUT2D eigenvalue weighted by molar-refractivity contribution is -0.139. The normalized spacial score (nSPS) is 18.3. The molecule has 1 atom stereocenters. The van der Waals surface area contributed by atoms with Crippen LogP contribution in [0.2, 0.25) is 0 Å². The number of piperazine rings is 1. The first-order valence-corrected chi connectivity index (χ1v) is 8.90. The Bertz CT molecular complexity index is 573. The average molecular weight is 331 g/mol. The molecule has 132 valence electrons. The maximum atomic E-state index is 12.6. The molecule has 1 aliphatic rings. The van der Waals surface area contributed by atoms with Gasteiger partial charge < -0.3 is 10.2 Å². The van der Waals surface area contributed by atoms with E-state index in [1.807, 2.05) is 24.0 Å². The lowest BCUT2D eigenvalue weighted by atomic mass is 10.0. The Balaban J connectivity index is 2.10. The van der Waals surface area contributed by atoms with E-state index < -0.39 is 0 Å². The second kappa shape index (κ2) is 8.83.